The zero-order valence-corrected chi connectivity index (χ0v) is 9.05. The Morgan fingerprint density at radius 1 is 1.38 bits per heavy atom. The second-order valence-electron chi connectivity index (χ2n) is 3.66. The quantitative estimate of drug-likeness (QED) is 0.811. The molecular formula is C11H14N2O3. The molecule has 5 heteroatoms. The summed E-state index contributed by atoms with van der Waals surface area (Å²) < 4.78 is 10.5. The number of pyridine rings is 1. The Morgan fingerprint density at radius 3 is 2.62 bits per heavy atom. The van der Waals surface area contributed by atoms with Crippen molar-refractivity contribution in [2.24, 2.45) is 5.92 Å². The molecule has 16 heavy (non-hydrogen) atoms. The van der Waals surface area contributed by atoms with Crippen LogP contribution < -0.4 is 5.32 Å². The molecule has 1 saturated heterocycles. The van der Waals surface area contributed by atoms with E-state index in [9.17, 15) is 4.79 Å². The van der Waals surface area contributed by atoms with Crippen LogP contribution in [0.4, 0.5) is 5.69 Å². The van der Waals surface area contributed by atoms with Crippen LogP contribution in [0.2, 0.25) is 0 Å². The Kier molecular flexibility index (Phi) is 3.48. The summed E-state index contributed by atoms with van der Waals surface area (Å²) in [6.45, 7) is 2.62. The molecule has 2 rings (SSSR count). The number of rotatable bonds is 2. The molecule has 1 aromatic rings. The number of nitrogens with one attached hydrogen (secondary N) is 1. The minimum Gasteiger partial charge on any atom is -0.352 e. The molecule has 2 heterocycles. The van der Waals surface area contributed by atoms with Crippen LogP contribution in [0.1, 0.15) is 6.92 Å². The van der Waals surface area contributed by atoms with E-state index in [1.54, 1.807) is 24.5 Å². The molecule has 1 fully saturated rings. The molecule has 86 valence electrons. The van der Waals surface area contributed by atoms with Crippen molar-refractivity contribution in [3.05, 3.63) is 24.5 Å². The van der Waals surface area contributed by atoms with E-state index in [-0.39, 0.29) is 18.1 Å². The monoisotopic (exact) mass is 222 g/mol. The van der Waals surface area contributed by atoms with Gasteiger partial charge in [-0.05, 0) is 19.1 Å². The summed E-state index contributed by atoms with van der Waals surface area (Å²) in [4.78, 5) is 15.7. The van der Waals surface area contributed by atoms with Crippen LogP contribution >= 0.6 is 0 Å². The van der Waals surface area contributed by atoms with Gasteiger partial charge in [-0.2, -0.15) is 0 Å². The molecule has 5 nitrogen and oxygen atoms in total. The number of ether oxygens (including phenoxy) is 2. The van der Waals surface area contributed by atoms with Gasteiger partial charge < -0.3 is 14.8 Å². The molecule has 0 aromatic carbocycles. The Hall–Kier alpha value is -1.46. The van der Waals surface area contributed by atoms with Gasteiger partial charge in [-0.15, -0.1) is 0 Å². The number of hydrogen-bond acceptors (Lipinski definition) is 4. The number of carbonyl (C=O) groups excluding carboxylic acids is 1. The molecule has 1 N–H and O–H groups in total. The lowest BCUT2D eigenvalue weighted by Gasteiger charge is -2.26. The summed E-state index contributed by atoms with van der Waals surface area (Å²) in [6, 6.07) is 3.48. The van der Waals surface area contributed by atoms with Gasteiger partial charge in [0, 0.05) is 18.1 Å². The number of hydrogen-bond donors (Lipinski definition) is 1. The third-order valence-corrected chi connectivity index (χ3v) is 2.38. The van der Waals surface area contributed by atoms with E-state index in [2.05, 4.69) is 10.3 Å². The third kappa shape index (κ3) is 2.77. The van der Waals surface area contributed by atoms with E-state index >= 15 is 0 Å². The van der Waals surface area contributed by atoms with Gasteiger partial charge in [0.05, 0.1) is 19.1 Å². The van der Waals surface area contributed by atoms with Crippen LogP contribution in [-0.4, -0.2) is 30.4 Å². The van der Waals surface area contributed by atoms with E-state index < -0.39 is 0 Å². The summed E-state index contributed by atoms with van der Waals surface area (Å²) in [5, 5.41) is 2.79. The second-order valence-corrected chi connectivity index (χ2v) is 3.66. The van der Waals surface area contributed by atoms with Gasteiger partial charge in [0.25, 0.3) is 0 Å². The van der Waals surface area contributed by atoms with Gasteiger partial charge in [0.2, 0.25) is 5.91 Å². The average Bonchev–Trinajstić information content (AvgIpc) is 2.31. The van der Waals surface area contributed by atoms with E-state index in [0.717, 1.165) is 5.69 Å². The lowest BCUT2D eigenvalue weighted by Crippen LogP contribution is -2.37. The maximum atomic E-state index is 11.8. The first kappa shape index (κ1) is 11.0. The maximum absolute atomic E-state index is 11.8. The van der Waals surface area contributed by atoms with Crippen LogP contribution in [0, 0.1) is 5.92 Å². The first-order valence-corrected chi connectivity index (χ1v) is 5.20. The third-order valence-electron chi connectivity index (χ3n) is 2.38. The molecule has 0 atom stereocenters. The SMILES string of the molecule is CC1OCC(C(=O)Nc2ccncc2)CO1. The molecule has 0 bridgehead atoms. The summed E-state index contributed by atoms with van der Waals surface area (Å²) in [7, 11) is 0. The van der Waals surface area contributed by atoms with Crippen molar-refractivity contribution in [2.45, 2.75) is 13.2 Å². The zero-order valence-electron chi connectivity index (χ0n) is 9.05. The Balaban J connectivity index is 1.89. The van der Waals surface area contributed by atoms with E-state index in [0.29, 0.717) is 13.2 Å². The first-order chi connectivity index (χ1) is 7.75. The molecule has 0 unspecified atom stereocenters. The van der Waals surface area contributed by atoms with E-state index in [1.165, 1.54) is 0 Å². The van der Waals surface area contributed by atoms with Crippen molar-refractivity contribution in [1.29, 1.82) is 0 Å². The number of amides is 1. The maximum Gasteiger partial charge on any atom is 0.232 e. The molecule has 0 spiro atoms. The molecule has 0 radical (unpaired) electrons. The fourth-order valence-electron chi connectivity index (χ4n) is 1.43. The van der Waals surface area contributed by atoms with Gasteiger partial charge in [-0.1, -0.05) is 0 Å². The molecule has 1 aromatic heterocycles. The minimum atomic E-state index is -0.246. The normalized spacial score (nSPS) is 25.1. The predicted molar refractivity (Wildman–Crippen MR) is 57.7 cm³/mol. The van der Waals surface area contributed by atoms with Gasteiger partial charge in [0.15, 0.2) is 6.29 Å². The standard InChI is InChI=1S/C11H14N2O3/c1-8-15-6-9(7-16-8)11(14)13-10-2-4-12-5-3-10/h2-5,8-9H,6-7H2,1H3,(H,12,13,14). The highest BCUT2D eigenvalue weighted by atomic mass is 16.7. The van der Waals surface area contributed by atoms with Crippen molar-refractivity contribution >= 4 is 11.6 Å². The number of aromatic nitrogens is 1. The summed E-state index contributed by atoms with van der Waals surface area (Å²) >= 11 is 0. The fraction of sp³-hybridized carbons (Fsp3) is 0.455. The van der Waals surface area contributed by atoms with Crippen molar-refractivity contribution < 1.29 is 14.3 Å². The van der Waals surface area contributed by atoms with E-state index in [1.807, 2.05) is 6.92 Å². The summed E-state index contributed by atoms with van der Waals surface area (Å²) in [5.41, 5.74) is 0.735. The molecule has 0 aliphatic carbocycles. The van der Waals surface area contributed by atoms with Crippen molar-refractivity contribution in [3.8, 4) is 0 Å². The molecule has 1 amide bonds. The highest BCUT2D eigenvalue weighted by Crippen LogP contribution is 2.13. The van der Waals surface area contributed by atoms with Crippen LogP contribution in [0.15, 0.2) is 24.5 Å². The van der Waals surface area contributed by atoms with E-state index in [4.69, 9.17) is 9.47 Å². The van der Waals surface area contributed by atoms with Gasteiger partial charge in [-0.3, -0.25) is 9.78 Å². The number of nitrogens with zero attached hydrogens (tertiary/aromatic N) is 1. The lowest BCUT2D eigenvalue weighted by molar-refractivity contribution is -0.191. The van der Waals surface area contributed by atoms with Crippen LogP contribution in [0.5, 0.6) is 0 Å². The Labute approximate surface area is 93.8 Å². The van der Waals surface area contributed by atoms with Crippen molar-refractivity contribution in [3.63, 3.8) is 0 Å². The highest BCUT2D eigenvalue weighted by molar-refractivity contribution is 5.92. The van der Waals surface area contributed by atoms with Crippen molar-refractivity contribution in [2.75, 3.05) is 18.5 Å². The lowest BCUT2D eigenvalue weighted by atomic mass is 10.1. The fourth-order valence-corrected chi connectivity index (χ4v) is 1.43. The molecular weight excluding hydrogens is 208 g/mol. The molecule has 1 aliphatic rings. The number of carbonyl (C=O) groups is 1. The number of anilines is 1. The Morgan fingerprint density at radius 2 is 2.00 bits per heavy atom. The van der Waals surface area contributed by atoms with Crippen LogP contribution in [-0.2, 0) is 14.3 Å². The topological polar surface area (TPSA) is 60.5 Å². The van der Waals surface area contributed by atoms with Gasteiger partial charge in [0.1, 0.15) is 0 Å². The second kappa shape index (κ2) is 5.05. The molecule has 1 aliphatic heterocycles. The zero-order chi connectivity index (χ0) is 11.4. The minimum absolute atomic E-state index is 0.0851. The van der Waals surface area contributed by atoms with Gasteiger partial charge in [-0.25, -0.2) is 0 Å². The van der Waals surface area contributed by atoms with Gasteiger partial charge >= 0.3 is 0 Å². The highest BCUT2D eigenvalue weighted by Gasteiger charge is 2.25. The summed E-state index contributed by atoms with van der Waals surface area (Å²) in [5.74, 6) is -0.331. The largest absolute Gasteiger partial charge is 0.352 e. The average molecular weight is 222 g/mol. The predicted octanol–water partition coefficient (Wildman–Crippen LogP) is 1.03. The van der Waals surface area contributed by atoms with Crippen molar-refractivity contribution in [1.82, 2.24) is 4.98 Å². The summed E-state index contributed by atoms with van der Waals surface area (Å²) in [6.07, 6.45) is 3.04. The van der Waals surface area contributed by atoms with Crippen LogP contribution in [0.25, 0.3) is 0 Å². The Bertz CT molecular complexity index is 348. The molecule has 0 saturated carbocycles. The first-order valence-electron chi connectivity index (χ1n) is 5.20. The smallest absolute Gasteiger partial charge is 0.232 e. The van der Waals surface area contributed by atoms with Crippen LogP contribution in [0.3, 0.4) is 0 Å².